The minimum Gasteiger partial charge on any atom is -0.356 e. The van der Waals surface area contributed by atoms with Crippen molar-refractivity contribution in [3.05, 3.63) is 41.6 Å². The zero-order chi connectivity index (χ0) is 19.8. The molecule has 0 radical (unpaired) electrons. The Morgan fingerprint density at radius 2 is 1.76 bits per heavy atom. The number of hydrogen-bond donors (Lipinski definition) is 0. The summed E-state index contributed by atoms with van der Waals surface area (Å²) in [6.07, 6.45) is 7.46. The van der Waals surface area contributed by atoms with Gasteiger partial charge < -0.3 is 9.80 Å². The third-order valence-corrected chi connectivity index (χ3v) is 6.92. The molecule has 1 aromatic heterocycles. The molecular weight excluding hydrogens is 360 g/mol. The Hall–Kier alpha value is -2.43. The Morgan fingerprint density at radius 1 is 0.966 bits per heavy atom. The second-order valence-electron chi connectivity index (χ2n) is 8.80. The second-order valence-corrected chi connectivity index (χ2v) is 8.80. The van der Waals surface area contributed by atoms with Crippen molar-refractivity contribution in [3.8, 4) is 11.4 Å². The molecule has 1 unspecified atom stereocenters. The molecule has 1 aromatic carbocycles. The van der Waals surface area contributed by atoms with Crippen LogP contribution in [0.2, 0.25) is 0 Å². The SMILES string of the molecule is CC1CCCN1C(=O)C1CCN(c2nc(-c3ccccc3)nc3c2CCC3)CC1. The van der Waals surface area contributed by atoms with Crippen molar-refractivity contribution in [2.24, 2.45) is 5.92 Å². The van der Waals surface area contributed by atoms with Gasteiger partial charge in [-0.15, -0.1) is 0 Å². The number of hydrogen-bond acceptors (Lipinski definition) is 4. The molecule has 0 bridgehead atoms. The molecule has 3 aliphatic rings. The summed E-state index contributed by atoms with van der Waals surface area (Å²) in [5.41, 5.74) is 3.64. The van der Waals surface area contributed by atoms with Crippen molar-refractivity contribution >= 4 is 11.7 Å². The van der Waals surface area contributed by atoms with E-state index in [2.05, 4.69) is 28.9 Å². The van der Waals surface area contributed by atoms with Crippen LogP contribution in [-0.2, 0) is 17.6 Å². The van der Waals surface area contributed by atoms with Gasteiger partial charge in [-0.05, 0) is 51.9 Å². The number of carbonyl (C=O) groups is 1. The van der Waals surface area contributed by atoms with Crippen molar-refractivity contribution in [2.75, 3.05) is 24.5 Å². The molecule has 2 aliphatic heterocycles. The minimum absolute atomic E-state index is 0.176. The number of amides is 1. The lowest BCUT2D eigenvalue weighted by Gasteiger charge is -2.35. The summed E-state index contributed by atoms with van der Waals surface area (Å²) >= 11 is 0. The Kier molecular flexibility index (Phi) is 4.98. The fourth-order valence-electron chi connectivity index (χ4n) is 5.22. The van der Waals surface area contributed by atoms with Crippen LogP contribution in [0.25, 0.3) is 11.4 Å². The van der Waals surface area contributed by atoms with E-state index in [9.17, 15) is 4.79 Å². The number of carbonyl (C=O) groups excluding carboxylic acids is 1. The lowest BCUT2D eigenvalue weighted by atomic mass is 9.94. The van der Waals surface area contributed by atoms with Crippen molar-refractivity contribution in [3.63, 3.8) is 0 Å². The van der Waals surface area contributed by atoms with Gasteiger partial charge in [0, 0.05) is 48.4 Å². The molecule has 1 amide bonds. The van der Waals surface area contributed by atoms with E-state index in [4.69, 9.17) is 9.97 Å². The number of piperidine rings is 1. The quantitative estimate of drug-likeness (QED) is 0.799. The van der Waals surface area contributed by atoms with Gasteiger partial charge in [0.25, 0.3) is 0 Å². The Balaban J connectivity index is 1.35. The highest BCUT2D eigenvalue weighted by atomic mass is 16.2. The van der Waals surface area contributed by atoms with Crippen LogP contribution < -0.4 is 4.90 Å². The summed E-state index contributed by atoms with van der Waals surface area (Å²) in [5.74, 6) is 2.51. The number of fused-ring (bicyclic) bond motifs is 1. The Morgan fingerprint density at radius 3 is 2.48 bits per heavy atom. The number of aromatic nitrogens is 2. The largest absolute Gasteiger partial charge is 0.356 e. The molecule has 0 saturated carbocycles. The average molecular weight is 391 g/mol. The number of anilines is 1. The number of likely N-dealkylation sites (tertiary alicyclic amines) is 1. The summed E-state index contributed by atoms with van der Waals surface area (Å²) in [6, 6.07) is 10.7. The molecule has 2 fully saturated rings. The summed E-state index contributed by atoms with van der Waals surface area (Å²) in [5, 5.41) is 0. The van der Waals surface area contributed by atoms with Gasteiger partial charge in [-0.3, -0.25) is 4.79 Å². The normalized spacial score (nSPS) is 22.2. The molecule has 2 aromatic rings. The molecule has 0 N–H and O–H groups in total. The average Bonchev–Trinajstić information content (AvgIpc) is 3.42. The number of benzene rings is 1. The molecular formula is C24H30N4O. The highest BCUT2D eigenvalue weighted by Gasteiger charge is 2.34. The summed E-state index contributed by atoms with van der Waals surface area (Å²) in [6.45, 7) is 4.96. The van der Waals surface area contributed by atoms with E-state index in [0.29, 0.717) is 11.9 Å². The number of rotatable bonds is 3. The highest BCUT2D eigenvalue weighted by Crippen LogP contribution is 2.34. The zero-order valence-electron chi connectivity index (χ0n) is 17.3. The third kappa shape index (κ3) is 3.52. The standard InChI is InChI=1S/C24H30N4O/c1-17-7-6-14-28(17)24(29)19-12-15-27(16-13-19)23-20-10-5-11-21(20)25-22(26-23)18-8-3-2-4-9-18/h2-4,8-9,17,19H,5-7,10-16H2,1H3. The molecule has 5 heteroatoms. The fraction of sp³-hybridized carbons (Fsp3) is 0.542. The summed E-state index contributed by atoms with van der Waals surface area (Å²) in [7, 11) is 0. The topological polar surface area (TPSA) is 49.3 Å². The molecule has 3 heterocycles. The first kappa shape index (κ1) is 18.6. The predicted molar refractivity (Wildman–Crippen MR) is 115 cm³/mol. The zero-order valence-corrected chi connectivity index (χ0v) is 17.3. The summed E-state index contributed by atoms with van der Waals surface area (Å²) < 4.78 is 0. The Labute approximate surface area is 173 Å². The van der Waals surface area contributed by atoms with Crippen LogP contribution >= 0.6 is 0 Å². The van der Waals surface area contributed by atoms with Crippen molar-refractivity contribution < 1.29 is 4.79 Å². The molecule has 2 saturated heterocycles. The first-order valence-corrected chi connectivity index (χ1v) is 11.2. The first-order valence-electron chi connectivity index (χ1n) is 11.2. The molecule has 29 heavy (non-hydrogen) atoms. The fourth-order valence-corrected chi connectivity index (χ4v) is 5.22. The van der Waals surface area contributed by atoms with Crippen LogP contribution in [0.5, 0.6) is 0 Å². The van der Waals surface area contributed by atoms with E-state index < -0.39 is 0 Å². The van der Waals surface area contributed by atoms with E-state index in [1.165, 1.54) is 11.3 Å². The smallest absolute Gasteiger partial charge is 0.226 e. The maximum Gasteiger partial charge on any atom is 0.226 e. The predicted octanol–water partition coefficient (Wildman–Crippen LogP) is 3.86. The molecule has 1 atom stereocenters. The lowest BCUT2D eigenvalue weighted by molar-refractivity contribution is -0.136. The van der Waals surface area contributed by atoms with Gasteiger partial charge in [-0.1, -0.05) is 30.3 Å². The minimum atomic E-state index is 0.176. The molecule has 152 valence electrons. The van der Waals surface area contributed by atoms with Gasteiger partial charge in [-0.2, -0.15) is 0 Å². The second kappa shape index (κ2) is 7.77. The maximum atomic E-state index is 13.0. The van der Waals surface area contributed by atoms with Crippen LogP contribution in [0.15, 0.2) is 30.3 Å². The highest BCUT2D eigenvalue weighted by molar-refractivity contribution is 5.79. The molecule has 5 rings (SSSR count). The van der Waals surface area contributed by atoms with E-state index in [-0.39, 0.29) is 5.92 Å². The lowest BCUT2D eigenvalue weighted by Crippen LogP contribution is -2.44. The molecule has 0 spiro atoms. The van der Waals surface area contributed by atoms with Crippen LogP contribution in [-0.4, -0.2) is 46.5 Å². The van der Waals surface area contributed by atoms with Gasteiger partial charge in [0.15, 0.2) is 5.82 Å². The maximum absolute atomic E-state index is 13.0. The van der Waals surface area contributed by atoms with Crippen LogP contribution in [0.3, 0.4) is 0 Å². The van der Waals surface area contributed by atoms with Gasteiger partial charge >= 0.3 is 0 Å². The van der Waals surface area contributed by atoms with Gasteiger partial charge in [0.05, 0.1) is 0 Å². The van der Waals surface area contributed by atoms with Crippen molar-refractivity contribution in [1.82, 2.24) is 14.9 Å². The number of aryl methyl sites for hydroxylation is 1. The van der Waals surface area contributed by atoms with Gasteiger partial charge in [0.1, 0.15) is 5.82 Å². The van der Waals surface area contributed by atoms with Gasteiger partial charge in [-0.25, -0.2) is 9.97 Å². The van der Waals surface area contributed by atoms with Crippen LogP contribution in [0.1, 0.15) is 50.3 Å². The number of nitrogens with zero attached hydrogens (tertiary/aromatic N) is 4. The van der Waals surface area contributed by atoms with Crippen molar-refractivity contribution in [1.29, 1.82) is 0 Å². The molecule has 1 aliphatic carbocycles. The van der Waals surface area contributed by atoms with Crippen LogP contribution in [0, 0.1) is 5.92 Å². The first-order chi connectivity index (χ1) is 14.2. The van der Waals surface area contributed by atoms with E-state index in [0.717, 1.165) is 81.8 Å². The van der Waals surface area contributed by atoms with E-state index >= 15 is 0 Å². The van der Waals surface area contributed by atoms with E-state index in [1.54, 1.807) is 0 Å². The monoisotopic (exact) mass is 390 g/mol. The van der Waals surface area contributed by atoms with E-state index in [1.807, 2.05) is 18.2 Å². The Bertz CT molecular complexity index is 889. The van der Waals surface area contributed by atoms with Crippen LogP contribution in [0.4, 0.5) is 5.82 Å². The molecule has 5 nitrogen and oxygen atoms in total. The summed E-state index contributed by atoms with van der Waals surface area (Å²) in [4.78, 5) is 27.4. The third-order valence-electron chi connectivity index (χ3n) is 6.92. The van der Waals surface area contributed by atoms with Gasteiger partial charge in [0.2, 0.25) is 5.91 Å². The van der Waals surface area contributed by atoms with Crippen molar-refractivity contribution in [2.45, 2.75) is 57.9 Å².